The second-order valence-corrected chi connectivity index (χ2v) is 8.37. The molecule has 1 aliphatic heterocycles. The zero-order valence-electron chi connectivity index (χ0n) is 19.1. The number of nitrogens with zero attached hydrogens (tertiary/aromatic N) is 4. The summed E-state index contributed by atoms with van der Waals surface area (Å²) in [6, 6.07) is 15.9. The van der Waals surface area contributed by atoms with E-state index in [9.17, 15) is 4.79 Å². The number of piperidine rings is 1. The molecule has 1 atom stereocenters. The molecule has 9 heteroatoms. The zero-order chi connectivity index (χ0) is 23.2. The van der Waals surface area contributed by atoms with E-state index in [1.165, 1.54) is 10.5 Å². The highest BCUT2D eigenvalue weighted by molar-refractivity contribution is 5.76. The lowest BCUT2D eigenvalue weighted by Gasteiger charge is -2.34. The molecule has 33 heavy (non-hydrogen) atoms. The topological polar surface area (TPSA) is 110 Å². The normalized spacial score (nSPS) is 19.1. The van der Waals surface area contributed by atoms with E-state index in [2.05, 4.69) is 27.7 Å². The number of hydrogen-bond acceptors (Lipinski definition) is 6. The van der Waals surface area contributed by atoms with Crippen LogP contribution in [0.4, 0.5) is 0 Å². The molecule has 1 aromatic heterocycles. The fourth-order valence-corrected chi connectivity index (χ4v) is 4.63. The molecule has 0 radical (unpaired) electrons. The first-order valence-electron chi connectivity index (χ1n) is 11.3. The molecule has 1 fully saturated rings. The van der Waals surface area contributed by atoms with Crippen LogP contribution in [0.25, 0.3) is 0 Å². The summed E-state index contributed by atoms with van der Waals surface area (Å²) in [5.74, 6) is 1.95. The molecule has 4 rings (SSSR count). The molecule has 2 heterocycles. The number of nitrogens with two attached hydrogens (primary N) is 1. The summed E-state index contributed by atoms with van der Waals surface area (Å²) in [5, 5.41) is 12.8. The molecule has 1 amide bonds. The molecular formula is C24H31N6O3+. The Labute approximate surface area is 193 Å². The Morgan fingerprint density at radius 3 is 2.58 bits per heavy atom. The number of quaternary nitrogens is 1. The van der Waals surface area contributed by atoms with Crippen molar-refractivity contribution in [2.45, 2.75) is 31.8 Å². The van der Waals surface area contributed by atoms with E-state index >= 15 is 0 Å². The molecule has 0 spiro atoms. The van der Waals surface area contributed by atoms with Gasteiger partial charge >= 0.3 is 0 Å². The van der Waals surface area contributed by atoms with Gasteiger partial charge < -0.3 is 20.1 Å². The largest absolute Gasteiger partial charge is 0.497 e. The van der Waals surface area contributed by atoms with Crippen molar-refractivity contribution in [1.82, 2.24) is 20.2 Å². The zero-order valence-corrected chi connectivity index (χ0v) is 19.1. The maximum absolute atomic E-state index is 11.7. The molecule has 0 saturated carbocycles. The van der Waals surface area contributed by atoms with E-state index in [0.29, 0.717) is 6.54 Å². The van der Waals surface area contributed by atoms with Crippen molar-refractivity contribution in [3.63, 3.8) is 0 Å². The number of tetrazole rings is 1. The number of amides is 1. The lowest BCUT2D eigenvalue weighted by Crippen LogP contribution is -3.13. The van der Waals surface area contributed by atoms with Gasteiger partial charge in [0.15, 0.2) is 6.04 Å². The fraction of sp³-hybridized carbons (Fsp3) is 0.417. The molecule has 0 unspecified atom stereocenters. The molecule has 3 aromatic rings. The first-order valence-corrected chi connectivity index (χ1v) is 11.3. The van der Waals surface area contributed by atoms with Crippen LogP contribution in [0.1, 0.15) is 35.8 Å². The van der Waals surface area contributed by atoms with E-state index in [0.717, 1.165) is 55.2 Å². The van der Waals surface area contributed by atoms with Gasteiger partial charge in [-0.05, 0) is 40.6 Å². The summed E-state index contributed by atoms with van der Waals surface area (Å²) in [4.78, 5) is 13.0. The monoisotopic (exact) mass is 451 g/mol. The summed E-state index contributed by atoms with van der Waals surface area (Å²) in [5.41, 5.74) is 7.76. The highest BCUT2D eigenvalue weighted by atomic mass is 16.5. The molecule has 1 aliphatic rings. The minimum atomic E-state index is -0.225. The molecule has 2 aromatic carbocycles. The van der Waals surface area contributed by atoms with Gasteiger partial charge in [-0.3, -0.25) is 4.79 Å². The van der Waals surface area contributed by atoms with Crippen LogP contribution >= 0.6 is 0 Å². The van der Waals surface area contributed by atoms with E-state index in [4.69, 9.17) is 15.2 Å². The predicted molar refractivity (Wildman–Crippen MR) is 122 cm³/mol. The van der Waals surface area contributed by atoms with Crippen molar-refractivity contribution in [2.75, 3.05) is 27.3 Å². The van der Waals surface area contributed by atoms with Gasteiger partial charge in [0, 0.05) is 25.3 Å². The van der Waals surface area contributed by atoms with Gasteiger partial charge in [0.05, 0.1) is 32.9 Å². The third-order valence-corrected chi connectivity index (χ3v) is 6.46. The van der Waals surface area contributed by atoms with Crippen LogP contribution in [0.2, 0.25) is 0 Å². The van der Waals surface area contributed by atoms with Crippen LogP contribution in [0, 0.1) is 5.92 Å². The smallest absolute Gasteiger partial charge is 0.220 e. The van der Waals surface area contributed by atoms with Crippen molar-refractivity contribution >= 4 is 5.91 Å². The van der Waals surface area contributed by atoms with E-state index in [1.54, 1.807) is 14.2 Å². The minimum Gasteiger partial charge on any atom is -0.497 e. The predicted octanol–water partition coefficient (Wildman–Crippen LogP) is 0.803. The lowest BCUT2D eigenvalue weighted by atomic mass is 9.93. The molecule has 0 aliphatic carbocycles. The first kappa shape index (κ1) is 22.7. The average molecular weight is 452 g/mol. The number of rotatable bonds is 9. The van der Waals surface area contributed by atoms with Crippen LogP contribution in [0.15, 0.2) is 48.5 Å². The van der Waals surface area contributed by atoms with Crippen molar-refractivity contribution in [2.24, 2.45) is 11.7 Å². The molecule has 9 nitrogen and oxygen atoms in total. The maximum atomic E-state index is 11.7. The van der Waals surface area contributed by atoms with Crippen molar-refractivity contribution in [3.8, 4) is 11.5 Å². The minimum absolute atomic E-state index is 0.0873. The van der Waals surface area contributed by atoms with Gasteiger partial charge in [0.25, 0.3) is 0 Å². The van der Waals surface area contributed by atoms with Crippen LogP contribution in [0.5, 0.6) is 11.5 Å². The number of hydrogen-bond donors (Lipinski definition) is 2. The van der Waals surface area contributed by atoms with Gasteiger partial charge in [-0.25, -0.2) is 4.68 Å². The fourth-order valence-electron chi connectivity index (χ4n) is 4.63. The van der Waals surface area contributed by atoms with Crippen molar-refractivity contribution in [3.05, 3.63) is 65.5 Å². The maximum Gasteiger partial charge on any atom is 0.220 e. The number of aromatic nitrogens is 4. The number of ether oxygens (including phenoxy) is 2. The Balaban J connectivity index is 1.69. The van der Waals surface area contributed by atoms with E-state index in [1.807, 2.05) is 41.1 Å². The SMILES string of the molecule is COc1ccc(OC)c([C@H](c2nnnn2CCc2ccccc2)[NH+]2CCC(C(N)=O)CC2)c1. The third kappa shape index (κ3) is 5.14. The molecule has 0 bridgehead atoms. The van der Waals surface area contributed by atoms with Crippen molar-refractivity contribution < 1.29 is 19.2 Å². The van der Waals surface area contributed by atoms with Gasteiger partial charge in [-0.15, -0.1) is 5.10 Å². The Hall–Kier alpha value is -3.46. The quantitative estimate of drug-likeness (QED) is 0.498. The van der Waals surface area contributed by atoms with Gasteiger partial charge in [0.2, 0.25) is 11.7 Å². The number of primary amides is 1. The number of carbonyl (C=O) groups is 1. The molecule has 3 N–H and O–H groups in total. The molecular weight excluding hydrogens is 420 g/mol. The Bertz CT molecular complexity index is 1060. The summed E-state index contributed by atoms with van der Waals surface area (Å²) < 4.78 is 13.1. The summed E-state index contributed by atoms with van der Waals surface area (Å²) in [6.45, 7) is 2.22. The second kappa shape index (κ2) is 10.4. The molecule has 174 valence electrons. The molecule has 1 saturated heterocycles. The average Bonchev–Trinajstić information content (AvgIpc) is 3.32. The van der Waals surface area contributed by atoms with Crippen molar-refractivity contribution in [1.29, 1.82) is 0 Å². The summed E-state index contributed by atoms with van der Waals surface area (Å²) in [7, 11) is 3.31. The number of likely N-dealkylation sites (tertiary alicyclic amines) is 1. The number of carbonyl (C=O) groups excluding carboxylic acids is 1. The standard InChI is InChI=1S/C24H30N6O3/c1-32-19-8-9-21(33-2)20(16-19)22(29-13-11-18(12-14-29)23(25)31)24-26-27-28-30(24)15-10-17-6-4-3-5-7-17/h3-9,16,18,22H,10-15H2,1-2H3,(H2,25,31)/p+1/t22-/m1/s1. The highest BCUT2D eigenvalue weighted by Crippen LogP contribution is 2.31. The van der Waals surface area contributed by atoms with Crippen LogP contribution < -0.4 is 20.1 Å². The van der Waals surface area contributed by atoms with Gasteiger partial charge in [0.1, 0.15) is 11.5 Å². The summed E-state index contributed by atoms with van der Waals surface area (Å²) >= 11 is 0. The number of methoxy groups -OCH3 is 2. The number of aryl methyl sites for hydroxylation is 2. The van der Waals surface area contributed by atoms with Gasteiger partial charge in [-0.2, -0.15) is 0 Å². The van der Waals surface area contributed by atoms with Gasteiger partial charge in [-0.1, -0.05) is 30.3 Å². The van der Waals surface area contributed by atoms with Crippen LogP contribution in [-0.2, 0) is 17.8 Å². The lowest BCUT2D eigenvalue weighted by molar-refractivity contribution is -0.931. The highest BCUT2D eigenvalue weighted by Gasteiger charge is 2.37. The van der Waals surface area contributed by atoms with E-state index in [-0.39, 0.29) is 17.9 Å². The second-order valence-electron chi connectivity index (χ2n) is 8.37. The summed E-state index contributed by atoms with van der Waals surface area (Å²) in [6.07, 6.45) is 2.29. The van der Waals surface area contributed by atoms with Crippen LogP contribution in [0.3, 0.4) is 0 Å². The van der Waals surface area contributed by atoms with E-state index < -0.39 is 0 Å². The Morgan fingerprint density at radius 1 is 1.15 bits per heavy atom. The first-order chi connectivity index (χ1) is 16.1. The van der Waals surface area contributed by atoms with Crippen LogP contribution in [-0.4, -0.2) is 53.4 Å². The Kier molecular flexibility index (Phi) is 7.19. The third-order valence-electron chi connectivity index (χ3n) is 6.46. The Morgan fingerprint density at radius 2 is 1.91 bits per heavy atom. The number of nitrogens with one attached hydrogen (secondary N) is 1. The number of benzene rings is 2.